The van der Waals surface area contributed by atoms with Crippen LogP contribution in [0.25, 0.3) is 32.9 Å². The molecule has 6 saturated heterocycles. The maximum atomic E-state index is 17.2. The summed E-state index contributed by atoms with van der Waals surface area (Å²) in [5.41, 5.74) is 5.11. The number of hydrogen-bond acceptors (Lipinski definition) is 13. The van der Waals surface area contributed by atoms with Crippen molar-refractivity contribution in [1.82, 2.24) is 40.3 Å². The number of hydrogen-bond donors (Lipinski definition) is 3. The Hall–Kier alpha value is -5.97. The molecule has 8 aliphatic rings. The Labute approximate surface area is 406 Å². The van der Waals surface area contributed by atoms with Crippen LogP contribution in [0.5, 0.6) is 11.8 Å². The van der Waals surface area contributed by atoms with Gasteiger partial charge in [-0.05, 0) is 115 Å². The standard InChI is InChI=1S/C54H61FN10O5/c1-2-33-4-3-5-34-19-39(66)20-41(45(33)34)47-46(55)48-42(21-56-47)49(64-26-36-6-7-37(27-64)57-36)60-52(59-48)70-31-54(12-13-54)30-61-22-32(23-61)24-62-28-53(29-62)14-16-63(17-15-53)38-8-9-40-35(18-38)25-65(51(40)69)43-10-11-44(67)58-50(43)68/h3-5,8-9,18-21,32,36-37,43,57,66H,2,6-7,10-17,22-31H2,1H3,(H,58,67,68)/t36?,37?,43-/m0/s1. The molecule has 1 spiro atoms. The number of rotatable bonds is 12. The number of aromatic nitrogens is 3. The van der Waals surface area contributed by atoms with E-state index in [1.807, 2.05) is 24.3 Å². The summed E-state index contributed by atoms with van der Waals surface area (Å²) in [6.07, 6.45) is 9.76. The Morgan fingerprint density at radius 3 is 2.44 bits per heavy atom. The lowest BCUT2D eigenvalue weighted by atomic mass is 9.71. The van der Waals surface area contributed by atoms with Crippen LogP contribution in [0.3, 0.4) is 0 Å². The highest BCUT2D eigenvalue weighted by Gasteiger charge is 2.49. The number of aromatic hydroxyl groups is 1. The van der Waals surface area contributed by atoms with Crippen LogP contribution < -0.4 is 25.2 Å². The Morgan fingerprint density at radius 1 is 0.886 bits per heavy atom. The second kappa shape index (κ2) is 16.8. The van der Waals surface area contributed by atoms with Crippen LogP contribution in [0.15, 0.2) is 54.7 Å². The van der Waals surface area contributed by atoms with Gasteiger partial charge in [-0.25, -0.2) is 4.39 Å². The maximum absolute atomic E-state index is 17.2. The minimum absolute atomic E-state index is 0.0344. The fourth-order valence-electron chi connectivity index (χ4n) is 13.3. The van der Waals surface area contributed by atoms with Gasteiger partial charge in [-0.3, -0.25) is 24.7 Å². The molecule has 3 amide bonds. The molecule has 5 aromatic rings. The number of fused-ring (bicyclic) bond motifs is 5. The lowest BCUT2D eigenvalue weighted by molar-refractivity contribution is -0.136. The average Bonchev–Trinajstić information content (AvgIpc) is 3.92. The van der Waals surface area contributed by atoms with E-state index in [0.29, 0.717) is 65.3 Å². The topological polar surface area (TPSA) is 160 Å². The molecule has 3 atom stereocenters. The third-order valence-corrected chi connectivity index (χ3v) is 17.2. The Bertz CT molecular complexity index is 2950. The van der Waals surface area contributed by atoms with Crippen molar-refractivity contribution >= 4 is 50.9 Å². The number of benzene rings is 3. The second-order valence-electron chi connectivity index (χ2n) is 22.2. The van der Waals surface area contributed by atoms with Crippen LogP contribution in [0.4, 0.5) is 15.9 Å². The van der Waals surface area contributed by atoms with E-state index < -0.39 is 11.9 Å². The number of likely N-dealkylation sites (tertiary alicyclic amines) is 2. The number of carbonyl (C=O) groups excluding carboxylic acids is 3. The molecular weight excluding hydrogens is 888 g/mol. The number of phenolic OH excluding ortho intramolecular Hbond substituents is 1. The molecule has 70 heavy (non-hydrogen) atoms. The van der Waals surface area contributed by atoms with Crippen molar-refractivity contribution in [2.24, 2.45) is 16.7 Å². The van der Waals surface area contributed by atoms with Crippen molar-refractivity contribution in [2.45, 2.75) is 89.4 Å². The first-order valence-corrected chi connectivity index (χ1v) is 25.7. The largest absolute Gasteiger partial charge is 0.508 e. The van der Waals surface area contributed by atoms with E-state index in [2.05, 4.69) is 49.3 Å². The number of nitrogens with one attached hydrogen (secondary N) is 2. The molecule has 7 aliphatic heterocycles. The number of aryl methyl sites for hydroxylation is 1. The molecular formula is C54H61FN10O5. The highest BCUT2D eigenvalue weighted by atomic mass is 19.1. The minimum Gasteiger partial charge on any atom is -0.508 e. The normalized spacial score (nSPS) is 25.1. The molecule has 364 valence electrons. The van der Waals surface area contributed by atoms with Crippen molar-refractivity contribution in [3.05, 3.63) is 77.2 Å². The number of pyridine rings is 1. The molecule has 16 heteroatoms. The number of anilines is 2. The number of carbonyl (C=O) groups is 3. The first kappa shape index (κ1) is 44.0. The van der Waals surface area contributed by atoms with Crippen molar-refractivity contribution in [3.63, 3.8) is 0 Å². The quantitative estimate of drug-likeness (QED) is 0.132. The molecule has 1 aliphatic carbocycles. The smallest absolute Gasteiger partial charge is 0.319 e. The number of phenols is 1. The van der Waals surface area contributed by atoms with E-state index in [9.17, 15) is 19.5 Å². The van der Waals surface area contributed by atoms with E-state index in [1.54, 1.807) is 23.2 Å². The number of halogens is 1. The van der Waals surface area contributed by atoms with Crippen molar-refractivity contribution in [3.8, 4) is 23.0 Å². The molecule has 3 N–H and O–H groups in total. The Balaban J connectivity index is 0.627. The Kier molecular flexibility index (Phi) is 10.6. The van der Waals surface area contributed by atoms with Crippen LogP contribution in [0.1, 0.15) is 79.8 Å². The summed E-state index contributed by atoms with van der Waals surface area (Å²) in [6.45, 7) is 13.1. The number of amides is 3. The molecule has 2 unspecified atom stereocenters. The Morgan fingerprint density at radius 2 is 1.69 bits per heavy atom. The zero-order valence-corrected chi connectivity index (χ0v) is 39.9. The van der Waals surface area contributed by atoms with Gasteiger partial charge >= 0.3 is 6.01 Å². The van der Waals surface area contributed by atoms with Crippen LogP contribution in [-0.2, 0) is 22.6 Å². The average molecular weight is 949 g/mol. The highest BCUT2D eigenvalue weighted by Crippen LogP contribution is 2.49. The van der Waals surface area contributed by atoms with E-state index in [-0.39, 0.29) is 52.5 Å². The number of ether oxygens (including phenoxy) is 1. The zero-order chi connectivity index (χ0) is 47.5. The fourth-order valence-corrected chi connectivity index (χ4v) is 13.3. The van der Waals surface area contributed by atoms with E-state index >= 15 is 4.39 Å². The molecule has 3 aromatic carbocycles. The van der Waals surface area contributed by atoms with Gasteiger partial charge in [0.25, 0.3) is 5.91 Å². The summed E-state index contributed by atoms with van der Waals surface area (Å²) in [5, 5.41) is 19.2. The van der Waals surface area contributed by atoms with Gasteiger partial charge in [0.1, 0.15) is 28.8 Å². The lowest BCUT2D eigenvalue weighted by Gasteiger charge is -2.56. The summed E-state index contributed by atoms with van der Waals surface area (Å²) in [5.74, 6) is 0.0683. The zero-order valence-electron chi connectivity index (χ0n) is 39.9. The summed E-state index contributed by atoms with van der Waals surface area (Å²) >= 11 is 0. The number of imide groups is 1. The molecule has 9 heterocycles. The van der Waals surface area contributed by atoms with Crippen molar-refractivity contribution < 1.29 is 28.6 Å². The predicted molar refractivity (Wildman–Crippen MR) is 263 cm³/mol. The predicted octanol–water partition coefficient (Wildman–Crippen LogP) is 5.65. The second-order valence-corrected chi connectivity index (χ2v) is 22.2. The molecule has 2 aromatic heterocycles. The molecule has 13 rings (SSSR count). The van der Waals surface area contributed by atoms with Crippen LogP contribution in [0.2, 0.25) is 0 Å². The molecule has 1 saturated carbocycles. The van der Waals surface area contributed by atoms with E-state index in [4.69, 9.17) is 19.7 Å². The summed E-state index contributed by atoms with van der Waals surface area (Å²) in [4.78, 5) is 63.6. The SMILES string of the molecule is CCc1cccc2cc(O)cc(-c3ncc4c(N5CC6CCC(C5)N6)nc(OCC5(CN6CC(CN7CC8(CCN(c9ccc%10c(c9)CN([C@H]9CCC(=O)NC9=O)C%10=O)CC8)C7)C6)CC5)nc4c3F)c12. The van der Waals surface area contributed by atoms with Gasteiger partial charge in [0.2, 0.25) is 11.8 Å². The summed E-state index contributed by atoms with van der Waals surface area (Å²) in [7, 11) is 0. The fraction of sp³-hybridized carbons (Fsp3) is 0.519. The van der Waals surface area contributed by atoms with Crippen molar-refractivity contribution in [1.29, 1.82) is 0 Å². The van der Waals surface area contributed by atoms with Gasteiger partial charge in [-0.1, -0.05) is 25.1 Å². The van der Waals surface area contributed by atoms with Crippen molar-refractivity contribution in [2.75, 3.05) is 81.9 Å². The highest BCUT2D eigenvalue weighted by molar-refractivity contribution is 6.06. The minimum atomic E-state index is -0.599. The molecule has 0 radical (unpaired) electrons. The van der Waals surface area contributed by atoms with Gasteiger partial charge in [-0.15, -0.1) is 0 Å². The molecule has 2 bridgehead atoms. The first-order chi connectivity index (χ1) is 34.0. The summed E-state index contributed by atoms with van der Waals surface area (Å²) < 4.78 is 23.7. The van der Waals surface area contributed by atoms with Gasteiger partial charge in [0.15, 0.2) is 5.82 Å². The summed E-state index contributed by atoms with van der Waals surface area (Å²) in [6, 6.07) is 15.7. The molecule has 7 fully saturated rings. The number of piperidine rings is 2. The number of nitrogens with zero attached hydrogens (tertiary/aromatic N) is 8. The maximum Gasteiger partial charge on any atom is 0.319 e. The first-order valence-electron chi connectivity index (χ1n) is 25.7. The number of piperazine rings is 1. The lowest BCUT2D eigenvalue weighted by Crippen LogP contribution is -2.63. The third-order valence-electron chi connectivity index (χ3n) is 17.2. The third kappa shape index (κ3) is 7.81. The van der Waals surface area contributed by atoms with Gasteiger partial charge in [0, 0.05) is 119 Å². The van der Waals surface area contributed by atoms with Crippen LogP contribution in [0, 0.1) is 22.6 Å². The monoisotopic (exact) mass is 948 g/mol. The van der Waals surface area contributed by atoms with E-state index in [1.165, 1.54) is 0 Å². The molecule has 15 nitrogen and oxygen atoms in total. The van der Waals surface area contributed by atoms with Gasteiger partial charge in [0.05, 0.1) is 12.0 Å². The van der Waals surface area contributed by atoms with Gasteiger partial charge < -0.3 is 39.7 Å². The van der Waals surface area contributed by atoms with Crippen LogP contribution in [-0.4, -0.2) is 143 Å². The van der Waals surface area contributed by atoms with Crippen LogP contribution >= 0.6 is 0 Å². The van der Waals surface area contributed by atoms with E-state index in [0.717, 1.165) is 138 Å². The van der Waals surface area contributed by atoms with Gasteiger partial charge in [-0.2, -0.15) is 9.97 Å².